The molecule has 2 aromatic rings. The molecule has 0 aliphatic carbocycles. The number of nitrogens with one attached hydrogen (secondary N) is 2. The number of carbonyl (C=O) groups is 1. The van der Waals surface area contributed by atoms with E-state index in [1.807, 2.05) is 0 Å². The van der Waals surface area contributed by atoms with E-state index in [1.54, 1.807) is 25.1 Å². The first-order chi connectivity index (χ1) is 11.8. The van der Waals surface area contributed by atoms with Crippen LogP contribution in [0, 0.1) is 12.7 Å². The lowest BCUT2D eigenvalue weighted by atomic mass is 10.1. The first-order valence-corrected chi connectivity index (χ1v) is 9.41. The van der Waals surface area contributed by atoms with Crippen molar-refractivity contribution in [3.63, 3.8) is 0 Å². The summed E-state index contributed by atoms with van der Waals surface area (Å²) >= 11 is 5.84. The quantitative estimate of drug-likeness (QED) is 0.720. The van der Waals surface area contributed by atoms with Crippen molar-refractivity contribution in [2.45, 2.75) is 18.2 Å². The van der Waals surface area contributed by atoms with Crippen molar-refractivity contribution < 1.29 is 17.6 Å². The monoisotopic (exact) mass is 384 g/mol. The summed E-state index contributed by atoms with van der Waals surface area (Å²) in [5.41, 5.74) is 1.12. The molecule has 0 atom stereocenters. The maximum atomic E-state index is 13.1. The van der Waals surface area contributed by atoms with Gasteiger partial charge in [-0.1, -0.05) is 29.8 Å². The summed E-state index contributed by atoms with van der Waals surface area (Å²) in [6, 6.07) is 10.4. The summed E-state index contributed by atoms with van der Waals surface area (Å²) in [6.07, 6.45) is 0.0257. The van der Waals surface area contributed by atoms with Crippen molar-refractivity contribution in [1.29, 1.82) is 0 Å². The molecule has 0 saturated heterocycles. The second-order valence-corrected chi connectivity index (χ2v) is 7.64. The number of hydrogen-bond donors (Lipinski definition) is 2. The second kappa shape index (κ2) is 8.42. The largest absolute Gasteiger partial charge is 0.355 e. The van der Waals surface area contributed by atoms with Gasteiger partial charge in [0.25, 0.3) is 0 Å². The molecular formula is C17H18ClFN2O3S. The zero-order valence-electron chi connectivity index (χ0n) is 13.6. The minimum Gasteiger partial charge on any atom is -0.355 e. The smallest absolute Gasteiger partial charge is 0.240 e. The molecule has 0 saturated carbocycles. The van der Waals surface area contributed by atoms with Gasteiger partial charge in [-0.05, 0) is 42.3 Å². The number of hydrogen-bond acceptors (Lipinski definition) is 3. The van der Waals surface area contributed by atoms with Crippen LogP contribution in [0.25, 0.3) is 0 Å². The topological polar surface area (TPSA) is 75.3 Å². The zero-order chi connectivity index (χ0) is 18.4. The molecule has 134 valence electrons. The maximum Gasteiger partial charge on any atom is 0.240 e. The van der Waals surface area contributed by atoms with E-state index >= 15 is 0 Å². The standard InChI is InChI=1S/C17H18ClFN2O3S/c1-12-5-6-14(18)11-16(12)25(23,24)21-8-7-20-17(22)10-13-3-2-4-15(19)9-13/h2-6,9,11,21H,7-8,10H2,1H3,(H,20,22). The lowest BCUT2D eigenvalue weighted by molar-refractivity contribution is -0.120. The number of halogens is 2. The summed E-state index contributed by atoms with van der Waals surface area (Å²) in [6.45, 7) is 1.82. The van der Waals surface area contributed by atoms with Gasteiger partial charge in [-0.3, -0.25) is 4.79 Å². The van der Waals surface area contributed by atoms with Crippen molar-refractivity contribution in [2.24, 2.45) is 0 Å². The first-order valence-electron chi connectivity index (χ1n) is 7.55. The number of amides is 1. The van der Waals surface area contributed by atoms with Crippen LogP contribution in [0.3, 0.4) is 0 Å². The number of rotatable bonds is 7. The Morgan fingerprint density at radius 1 is 1.16 bits per heavy atom. The summed E-state index contributed by atoms with van der Waals surface area (Å²) in [5.74, 6) is -0.723. The molecule has 0 spiro atoms. The molecule has 0 fully saturated rings. The van der Waals surface area contributed by atoms with Gasteiger partial charge < -0.3 is 5.32 Å². The van der Waals surface area contributed by atoms with Crippen LogP contribution in [0.5, 0.6) is 0 Å². The molecule has 5 nitrogen and oxygen atoms in total. The number of carbonyl (C=O) groups excluding carboxylic acids is 1. The van der Waals surface area contributed by atoms with Crippen molar-refractivity contribution in [2.75, 3.05) is 13.1 Å². The van der Waals surface area contributed by atoms with Crippen molar-refractivity contribution in [1.82, 2.24) is 10.0 Å². The SMILES string of the molecule is Cc1ccc(Cl)cc1S(=O)(=O)NCCNC(=O)Cc1cccc(F)c1. The minimum absolute atomic E-state index is 0.0257. The van der Waals surface area contributed by atoms with Gasteiger partial charge in [0.15, 0.2) is 0 Å². The van der Waals surface area contributed by atoms with E-state index in [1.165, 1.54) is 24.3 Å². The van der Waals surface area contributed by atoms with Crippen LogP contribution in [-0.4, -0.2) is 27.4 Å². The Kier molecular flexibility index (Phi) is 6.52. The van der Waals surface area contributed by atoms with Crippen LogP contribution in [0.2, 0.25) is 5.02 Å². The minimum atomic E-state index is -3.71. The third kappa shape index (κ3) is 5.81. The van der Waals surface area contributed by atoms with Gasteiger partial charge in [-0.15, -0.1) is 0 Å². The highest BCUT2D eigenvalue weighted by atomic mass is 35.5. The van der Waals surface area contributed by atoms with Crippen LogP contribution in [0.15, 0.2) is 47.4 Å². The summed E-state index contributed by atoms with van der Waals surface area (Å²) in [4.78, 5) is 11.9. The zero-order valence-corrected chi connectivity index (χ0v) is 15.1. The fourth-order valence-electron chi connectivity index (χ4n) is 2.22. The number of benzene rings is 2. The number of aryl methyl sites for hydroxylation is 1. The van der Waals surface area contributed by atoms with E-state index in [-0.39, 0.29) is 30.3 Å². The van der Waals surface area contributed by atoms with Gasteiger partial charge >= 0.3 is 0 Å². The van der Waals surface area contributed by atoms with Crippen LogP contribution in [-0.2, 0) is 21.2 Å². The summed E-state index contributed by atoms with van der Waals surface area (Å²) in [5, 5.41) is 2.91. The van der Waals surface area contributed by atoms with Gasteiger partial charge in [0.1, 0.15) is 5.82 Å². The molecule has 0 bridgehead atoms. The summed E-state index contributed by atoms with van der Waals surface area (Å²) in [7, 11) is -3.71. The van der Waals surface area contributed by atoms with E-state index in [9.17, 15) is 17.6 Å². The molecule has 0 aliphatic rings. The molecule has 2 rings (SSSR count). The van der Waals surface area contributed by atoms with E-state index in [0.717, 1.165) is 0 Å². The predicted molar refractivity (Wildman–Crippen MR) is 94.5 cm³/mol. The van der Waals surface area contributed by atoms with E-state index in [2.05, 4.69) is 10.0 Å². The Hall–Kier alpha value is -1.96. The van der Waals surface area contributed by atoms with Crippen molar-refractivity contribution in [3.8, 4) is 0 Å². The molecular weight excluding hydrogens is 367 g/mol. The summed E-state index contributed by atoms with van der Waals surface area (Å²) < 4.78 is 40.0. The Labute approximate surface area is 151 Å². The Morgan fingerprint density at radius 3 is 2.64 bits per heavy atom. The average molecular weight is 385 g/mol. The third-order valence-corrected chi connectivity index (χ3v) is 5.27. The maximum absolute atomic E-state index is 13.1. The van der Waals surface area contributed by atoms with Crippen LogP contribution in [0.1, 0.15) is 11.1 Å². The van der Waals surface area contributed by atoms with Gasteiger partial charge in [-0.2, -0.15) is 0 Å². The van der Waals surface area contributed by atoms with Crippen molar-refractivity contribution in [3.05, 3.63) is 64.4 Å². The Balaban J connectivity index is 1.84. The molecule has 25 heavy (non-hydrogen) atoms. The molecule has 0 aliphatic heterocycles. The van der Waals surface area contributed by atoms with Crippen LogP contribution < -0.4 is 10.0 Å². The molecule has 8 heteroatoms. The highest BCUT2D eigenvalue weighted by Gasteiger charge is 2.16. The normalized spacial score (nSPS) is 11.3. The number of sulfonamides is 1. The average Bonchev–Trinajstić information content (AvgIpc) is 2.54. The Bertz CT molecular complexity index is 872. The third-order valence-electron chi connectivity index (χ3n) is 3.43. The van der Waals surface area contributed by atoms with E-state index in [0.29, 0.717) is 16.1 Å². The van der Waals surface area contributed by atoms with Crippen LogP contribution in [0.4, 0.5) is 4.39 Å². The highest BCUT2D eigenvalue weighted by Crippen LogP contribution is 2.19. The van der Waals surface area contributed by atoms with E-state index < -0.39 is 15.8 Å². The fourth-order valence-corrected chi connectivity index (χ4v) is 3.76. The molecule has 2 aromatic carbocycles. The van der Waals surface area contributed by atoms with Crippen LogP contribution >= 0.6 is 11.6 Å². The van der Waals surface area contributed by atoms with E-state index in [4.69, 9.17) is 11.6 Å². The van der Waals surface area contributed by atoms with Crippen molar-refractivity contribution >= 4 is 27.5 Å². The molecule has 2 N–H and O–H groups in total. The van der Waals surface area contributed by atoms with Gasteiger partial charge in [0.2, 0.25) is 15.9 Å². The van der Waals surface area contributed by atoms with Gasteiger partial charge in [0, 0.05) is 18.1 Å². The first kappa shape index (κ1) is 19.4. The fraction of sp³-hybridized carbons (Fsp3) is 0.235. The Morgan fingerprint density at radius 2 is 1.92 bits per heavy atom. The lowest BCUT2D eigenvalue weighted by Gasteiger charge is -2.10. The lowest BCUT2D eigenvalue weighted by Crippen LogP contribution is -2.35. The molecule has 1 amide bonds. The molecule has 0 heterocycles. The predicted octanol–water partition coefficient (Wildman–Crippen LogP) is 2.42. The molecule has 0 radical (unpaired) electrons. The molecule has 0 unspecified atom stereocenters. The highest BCUT2D eigenvalue weighted by molar-refractivity contribution is 7.89. The van der Waals surface area contributed by atoms with Gasteiger partial charge in [-0.25, -0.2) is 17.5 Å². The van der Waals surface area contributed by atoms with Gasteiger partial charge in [0.05, 0.1) is 11.3 Å². The second-order valence-electron chi connectivity index (χ2n) is 5.46. The molecule has 0 aromatic heterocycles.